The highest BCUT2D eigenvalue weighted by molar-refractivity contribution is 6.33. The van der Waals surface area contributed by atoms with Gasteiger partial charge < -0.3 is 40.7 Å². The zero-order valence-corrected chi connectivity index (χ0v) is 31.4. The first kappa shape index (κ1) is 38.9. The lowest BCUT2D eigenvalue weighted by molar-refractivity contribution is -0.143. The average molecular weight is 731 g/mol. The molecule has 2 aliphatic heterocycles. The molecule has 2 fully saturated rings. The van der Waals surface area contributed by atoms with Crippen molar-refractivity contribution >= 4 is 75.5 Å². The third-order valence-corrected chi connectivity index (χ3v) is 9.64. The van der Waals surface area contributed by atoms with Gasteiger partial charge in [-0.15, -0.1) is 12.4 Å². The van der Waals surface area contributed by atoms with E-state index in [2.05, 4.69) is 48.1 Å². The van der Waals surface area contributed by atoms with Crippen molar-refractivity contribution in [3.63, 3.8) is 0 Å². The smallest absolute Gasteiger partial charge is 0.247 e. The molecular weight excluding hydrogens is 681 g/mol. The molecule has 2 aliphatic rings. The van der Waals surface area contributed by atoms with Crippen LogP contribution in [0, 0.1) is 5.41 Å². The zero-order valence-electron chi connectivity index (χ0n) is 29.8. The number of hydrogen-bond donors (Lipinski definition) is 4. The quantitative estimate of drug-likeness (QED) is 0.239. The van der Waals surface area contributed by atoms with E-state index in [9.17, 15) is 14.4 Å². The molecule has 13 nitrogen and oxygen atoms in total. The van der Waals surface area contributed by atoms with E-state index in [1.807, 2.05) is 39.0 Å². The summed E-state index contributed by atoms with van der Waals surface area (Å²) in [5, 5.41) is 13.5. The van der Waals surface area contributed by atoms with Gasteiger partial charge in [0.2, 0.25) is 17.7 Å². The molecule has 1 aromatic heterocycles. The summed E-state index contributed by atoms with van der Waals surface area (Å²) >= 11 is 6.75. The van der Waals surface area contributed by atoms with Gasteiger partial charge in [0, 0.05) is 49.9 Å². The zero-order chi connectivity index (χ0) is 35.5. The van der Waals surface area contributed by atoms with E-state index < -0.39 is 23.5 Å². The normalized spacial score (nSPS) is 17.9. The Morgan fingerprint density at radius 3 is 2.40 bits per heavy atom. The van der Waals surface area contributed by atoms with Crippen LogP contribution in [-0.4, -0.2) is 110 Å². The van der Waals surface area contributed by atoms with Crippen LogP contribution < -0.4 is 30.9 Å². The second kappa shape index (κ2) is 16.4. The third-order valence-electron chi connectivity index (χ3n) is 9.33. The van der Waals surface area contributed by atoms with Crippen molar-refractivity contribution in [2.24, 2.45) is 5.41 Å². The van der Waals surface area contributed by atoms with E-state index in [0.29, 0.717) is 52.6 Å². The van der Waals surface area contributed by atoms with Crippen molar-refractivity contribution in [1.82, 2.24) is 30.4 Å². The first-order valence-electron chi connectivity index (χ1n) is 16.7. The molecule has 2 saturated heterocycles. The number of nitrogens with one attached hydrogen (secondary N) is 4. The van der Waals surface area contributed by atoms with Crippen molar-refractivity contribution in [3.8, 4) is 5.75 Å². The van der Waals surface area contributed by atoms with Crippen LogP contribution in [0.3, 0.4) is 0 Å². The number of rotatable bonds is 10. The Labute approximate surface area is 305 Å². The van der Waals surface area contributed by atoms with Gasteiger partial charge in [-0.2, -0.15) is 0 Å². The van der Waals surface area contributed by atoms with E-state index in [-0.39, 0.29) is 30.1 Å². The number of ether oxygens (including phenoxy) is 1. The molecule has 3 aromatic rings. The maximum absolute atomic E-state index is 13.9. The number of halogens is 2. The molecule has 0 radical (unpaired) electrons. The highest BCUT2D eigenvalue weighted by Gasteiger charge is 2.42. The van der Waals surface area contributed by atoms with E-state index in [0.717, 1.165) is 37.6 Å². The van der Waals surface area contributed by atoms with Crippen LogP contribution in [-0.2, 0) is 14.4 Å². The lowest BCUT2D eigenvalue weighted by Gasteiger charge is -2.36. The third kappa shape index (κ3) is 8.68. The van der Waals surface area contributed by atoms with E-state index >= 15 is 0 Å². The van der Waals surface area contributed by atoms with Gasteiger partial charge in [0.25, 0.3) is 0 Å². The summed E-state index contributed by atoms with van der Waals surface area (Å²) in [6.45, 7) is 11.6. The summed E-state index contributed by atoms with van der Waals surface area (Å²) in [6, 6.07) is 7.37. The number of benzene rings is 2. The van der Waals surface area contributed by atoms with Crippen molar-refractivity contribution in [2.45, 2.75) is 58.7 Å². The number of amides is 3. The number of carbonyl (C=O) groups is 3. The summed E-state index contributed by atoms with van der Waals surface area (Å²) in [7, 11) is 5.33. The van der Waals surface area contributed by atoms with Crippen molar-refractivity contribution in [1.29, 1.82) is 0 Å². The van der Waals surface area contributed by atoms with Crippen LogP contribution in [0.5, 0.6) is 5.75 Å². The minimum Gasteiger partial charge on any atom is -0.494 e. The van der Waals surface area contributed by atoms with Crippen molar-refractivity contribution in [3.05, 3.63) is 41.7 Å². The number of nitrogens with zero attached hydrogens (tertiary/aromatic N) is 5. The molecule has 15 heteroatoms. The lowest BCUT2D eigenvalue weighted by Crippen LogP contribution is -2.59. The number of methoxy groups -OCH3 is 1. The van der Waals surface area contributed by atoms with Gasteiger partial charge in [-0.05, 0) is 63.5 Å². The molecule has 1 unspecified atom stereocenters. The fourth-order valence-electron chi connectivity index (χ4n) is 6.21. The first-order chi connectivity index (χ1) is 23.3. The van der Waals surface area contributed by atoms with Crippen molar-refractivity contribution in [2.75, 3.05) is 69.5 Å². The fraction of sp³-hybridized carbons (Fsp3) is 0.514. The topological polar surface area (TPSA) is 144 Å². The Balaban J connectivity index is 0.00000562. The lowest BCUT2D eigenvalue weighted by atomic mass is 9.85. The summed E-state index contributed by atoms with van der Waals surface area (Å²) in [5.41, 5.74) is 2.21. The SMILES string of the molecule is CN[C@@H](C)C(=O)N[C@H](C(=O)N1CCCC1C(=O)Nc1cc2c(Nc3ccc(N4CCN(C)CC4)c(Cl)c3)ncnc2cc1OC)C(C)(C)C.Cl. The first-order valence-corrected chi connectivity index (χ1v) is 17.1. The molecule has 0 aliphatic carbocycles. The van der Waals surface area contributed by atoms with E-state index in [4.69, 9.17) is 16.3 Å². The average Bonchev–Trinajstić information content (AvgIpc) is 3.57. The number of anilines is 4. The minimum atomic E-state index is -0.811. The monoisotopic (exact) mass is 729 g/mol. The molecule has 5 rings (SSSR count). The molecule has 4 N–H and O–H groups in total. The number of piperazine rings is 1. The Morgan fingerprint density at radius 1 is 1.04 bits per heavy atom. The number of aromatic nitrogens is 2. The number of likely N-dealkylation sites (tertiary alicyclic amines) is 1. The van der Waals surface area contributed by atoms with Crippen LogP contribution in [0.2, 0.25) is 5.02 Å². The molecule has 272 valence electrons. The molecular formula is C35H49Cl2N9O4. The van der Waals surface area contributed by atoms with Gasteiger partial charge in [0.05, 0.1) is 35.1 Å². The van der Waals surface area contributed by atoms with Gasteiger partial charge >= 0.3 is 0 Å². The minimum absolute atomic E-state index is 0. The molecule has 2 aromatic carbocycles. The summed E-state index contributed by atoms with van der Waals surface area (Å²) in [6.07, 6.45) is 2.62. The van der Waals surface area contributed by atoms with Crippen LogP contribution in [0.25, 0.3) is 10.9 Å². The molecule has 3 heterocycles. The Kier molecular flexibility index (Phi) is 12.8. The molecule has 0 spiro atoms. The molecule has 50 heavy (non-hydrogen) atoms. The van der Waals surface area contributed by atoms with Gasteiger partial charge in [-0.1, -0.05) is 32.4 Å². The van der Waals surface area contributed by atoms with Gasteiger partial charge in [0.15, 0.2) is 0 Å². The van der Waals surface area contributed by atoms with Crippen LogP contribution in [0.1, 0.15) is 40.5 Å². The van der Waals surface area contributed by atoms with Gasteiger partial charge in [-0.25, -0.2) is 9.97 Å². The Hall–Kier alpha value is -3.91. The second-order valence-corrected chi connectivity index (χ2v) is 14.3. The highest BCUT2D eigenvalue weighted by atomic mass is 35.5. The molecule has 0 bridgehead atoms. The van der Waals surface area contributed by atoms with Crippen LogP contribution in [0.4, 0.5) is 22.9 Å². The number of carbonyl (C=O) groups excluding carboxylic acids is 3. The second-order valence-electron chi connectivity index (χ2n) is 13.9. The van der Waals surface area contributed by atoms with Crippen molar-refractivity contribution < 1.29 is 19.1 Å². The number of hydrogen-bond acceptors (Lipinski definition) is 10. The Bertz CT molecular complexity index is 1690. The predicted molar refractivity (Wildman–Crippen MR) is 201 cm³/mol. The largest absolute Gasteiger partial charge is 0.494 e. The molecule has 3 amide bonds. The summed E-state index contributed by atoms with van der Waals surface area (Å²) in [4.78, 5) is 55.6. The van der Waals surface area contributed by atoms with E-state index in [1.165, 1.54) is 13.4 Å². The maximum atomic E-state index is 13.9. The number of fused-ring (bicyclic) bond motifs is 1. The maximum Gasteiger partial charge on any atom is 0.247 e. The summed E-state index contributed by atoms with van der Waals surface area (Å²) in [5.74, 6) is 0.0376. The fourth-order valence-corrected chi connectivity index (χ4v) is 6.51. The highest BCUT2D eigenvalue weighted by Crippen LogP contribution is 2.36. The molecule has 0 saturated carbocycles. The van der Waals surface area contributed by atoms with Crippen LogP contribution in [0.15, 0.2) is 36.7 Å². The number of likely N-dealkylation sites (N-methyl/N-ethyl adjacent to an activating group) is 2. The predicted octanol–water partition coefficient (Wildman–Crippen LogP) is 4.28. The Morgan fingerprint density at radius 2 is 1.76 bits per heavy atom. The van der Waals surface area contributed by atoms with Gasteiger partial charge in [0.1, 0.15) is 30.0 Å². The van der Waals surface area contributed by atoms with Gasteiger partial charge in [-0.3, -0.25) is 14.4 Å². The standard InChI is InChI=1S/C35H48ClN9O4.ClH/c1-21(37-5)32(46)42-30(35(2,3)4)34(48)45-12-8-9-28(45)33(47)41-26-18-23-25(19-29(26)49-7)38-20-39-31(23)40-22-10-11-27(24(36)17-22)44-15-13-43(6)14-16-44;/h10-11,17-21,28,30,37H,8-9,12-16H2,1-7H3,(H,41,47)(H,42,46)(H,38,39,40);1H/t21-,28?,30+;/m0./s1. The molecule has 3 atom stereocenters. The van der Waals surface area contributed by atoms with Crippen LogP contribution >= 0.6 is 24.0 Å². The van der Waals surface area contributed by atoms with E-state index in [1.54, 1.807) is 31.0 Å². The summed E-state index contributed by atoms with van der Waals surface area (Å²) < 4.78 is 5.65.